The van der Waals surface area contributed by atoms with Gasteiger partial charge in [-0.2, -0.15) is 0 Å². The average molecular weight is 359 g/mol. The van der Waals surface area contributed by atoms with Gasteiger partial charge in [0.2, 0.25) is 0 Å². The molecule has 2 N–H and O–H groups in total. The largest absolute Gasteiger partial charge is 0.480 e. The molecule has 0 bridgehead atoms. The minimum atomic E-state index is -1.30. The summed E-state index contributed by atoms with van der Waals surface area (Å²) in [5, 5.41) is 33.3. The number of nitro benzene ring substituents is 2. The fourth-order valence-corrected chi connectivity index (χ4v) is 2.23. The van der Waals surface area contributed by atoms with Crippen molar-refractivity contribution in [3.8, 4) is 0 Å². The molecule has 0 fully saturated rings. The van der Waals surface area contributed by atoms with Gasteiger partial charge in [-0.3, -0.25) is 25.0 Å². The highest BCUT2D eigenvalue weighted by molar-refractivity contribution is 5.97. The number of nitro groups is 2. The molecule has 134 valence electrons. The van der Waals surface area contributed by atoms with E-state index in [1.54, 1.807) is 30.3 Å². The summed E-state index contributed by atoms with van der Waals surface area (Å²) in [6.07, 6.45) is -0.0149. The second-order valence-electron chi connectivity index (χ2n) is 5.31. The van der Waals surface area contributed by atoms with Crippen molar-refractivity contribution in [2.45, 2.75) is 12.5 Å². The van der Waals surface area contributed by atoms with Crippen molar-refractivity contribution in [1.82, 2.24) is 5.32 Å². The van der Waals surface area contributed by atoms with Crippen LogP contribution in [-0.2, 0) is 11.2 Å². The van der Waals surface area contributed by atoms with E-state index in [0.29, 0.717) is 5.56 Å². The number of carboxylic acid groups (broad SMARTS) is 1. The third kappa shape index (κ3) is 4.60. The normalized spacial score (nSPS) is 11.4. The van der Waals surface area contributed by atoms with E-state index < -0.39 is 39.1 Å². The van der Waals surface area contributed by atoms with Crippen LogP contribution in [0.5, 0.6) is 0 Å². The van der Waals surface area contributed by atoms with Gasteiger partial charge in [-0.15, -0.1) is 0 Å². The lowest BCUT2D eigenvalue weighted by Crippen LogP contribution is -2.42. The van der Waals surface area contributed by atoms with Crippen molar-refractivity contribution in [3.63, 3.8) is 0 Å². The first kappa shape index (κ1) is 18.5. The summed E-state index contributed by atoms with van der Waals surface area (Å²) >= 11 is 0. The molecule has 0 radical (unpaired) electrons. The summed E-state index contributed by atoms with van der Waals surface area (Å²) in [5.74, 6) is -2.26. The molecule has 1 amide bonds. The van der Waals surface area contributed by atoms with Gasteiger partial charge in [0.25, 0.3) is 17.3 Å². The maximum Gasteiger partial charge on any atom is 0.326 e. The number of carbonyl (C=O) groups is 2. The van der Waals surface area contributed by atoms with Crippen LogP contribution in [0, 0.1) is 20.2 Å². The number of amides is 1. The zero-order chi connectivity index (χ0) is 19.3. The molecule has 0 aliphatic carbocycles. The summed E-state index contributed by atoms with van der Waals surface area (Å²) in [6.45, 7) is 0. The second kappa shape index (κ2) is 7.83. The van der Waals surface area contributed by atoms with Gasteiger partial charge in [-0.05, 0) is 5.56 Å². The number of nitrogens with one attached hydrogen (secondary N) is 1. The molecule has 10 nitrogen and oxygen atoms in total. The fourth-order valence-electron chi connectivity index (χ4n) is 2.23. The van der Waals surface area contributed by atoms with Gasteiger partial charge in [0.05, 0.1) is 21.5 Å². The van der Waals surface area contributed by atoms with Crippen LogP contribution in [0.4, 0.5) is 11.4 Å². The zero-order valence-corrected chi connectivity index (χ0v) is 13.2. The first-order chi connectivity index (χ1) is 12.3. The van der Waals surface area contributed by atoms with Crippen molar-refractivity contribution in [1.29, 1.82) is 0 Å². The molecule has 26 heavy (non-hydrogen) atoms. The Morgan fingerprint density at radius 1 is 1.00 bits per heavy atom. The molecule has 0 saturated carbocycles. The van der Waals surface area contributed by atoms with Crippen molar-refractivity contribution in [3.05, 3.63) is 79.9 Å². The Bertz CT molecular complexity index is 835. The molecule has 0 aliphatic heterocycles. The molecule has 1 atom stereocenters. The monoisotopic (exact) mass is 359 g/mol. The molecular weight excluding hydrogens is 346 g/mol. The zero-order valence-electron chi connectivity index (χ0n) is 13.2. The van der Waals surface area contributed by atoms with Crippen LogP contribution in [0.1, 0.15) is 15.9 Å². The lowest BCUT2D eigenvalue weighted by Gasteiger charge is -2.14. The molecule has 0 heterocycles. The molecule has 0 aromatic heterocycles. The Kier molecular flexibility index (Phi) is 5.58. The van der Waals surface area contributed by atoms with Crippen LogP contribution in [0.2, 0.25) is 0 Å². The van der Waals surface area contributed by atoms with Crippen molar-refractivity contribution >= 4 is 23.3 Å². The van der Waals surface area contributed by atoms with Crippen LogP contribution >= 0.6 is 0 Å². The average Bonchev–Trinajstić information content (AvgIpc) is 2.61. The fraction of sp³-hybridized carbons (Fsp3) is 0.125. The molecule has 0 spiro atoms. The number of benzene rings is 2. The molecule has 0 saturated heterocycles. The summed E-state index contributed by atoms with van der Waals surface area (Å²) in [7, 11) is 0. The maximum absolute atomic E-state index is 12.3. The van der Waals surface area contributed by atoms with E-state index in [1.807, 2.05) is 0 Å². The van der Waals surface area contributed by atoms with E-state index in [2.05, 4.69) is 5.32 Å². The molecule has 2 aromatic carbocycles. The van der Waals surface area contributed by atoms with Crippen molar-refractivity contribution < 1.29 is 24.5 Å². The van der Waals surface area contributed by atoms with Gasteiger partial charge in [0, 0.05) is 18.6 Å². The molecular formula is C16H13N3O7. The third-order valence-corrected chi connectivity index (χ3v) is 3.47. The Morgan fingerprint density at radius 3 is 2.00 bits per heavy atom. The SMILES string of the molecule is O=C(N[C@H](Cc1ccccc1)C(=O)O)c1cc([N+](=O)[O-])cc([N+](=O)[O-])c1. The second-order valence-corrected chi connectivity index (χ2v) is 5.31. The van der Waals surface area contributed by atoms with Gasteiger partial charge in [0.1, 0.15) is 6.04 Å². The molecule has 10 heteroatoms. The van der Waals surface area contributed by atoms with Gasteiger partial charge in [0.15, 0.2) is 0 Å². The molecule has 0 unspecified atom stereocenters. The number of carboxylic acids is 1. The van der Waals surface area contributed by atoms with Crippen LogP contribution in [0.15, 0.2) is 48.5 Å². The highest BCUT2D eigenvalue weighted by atomic mass is 16.6. The highest BCUT2D eigenvalue weighted by Crippen LogP contribution is 2.22. The van der Waals surface area contributed by atoms with E-state index >= 15 is 0 Å². The molecule has 2 rings (SSSR count). The Balaban J connectivity index is 2.27. The third-order valence-electron chi connectivity index (χ3n) is 3.47. The Hall–Kier alpha value is -3.82. The topological polar surface area (TPSA) is 153 Å². The number of aliphatic carboxylic acids is 1. The van der Waals surface area contributed by atoms with E-state index in [4.69, 9.17) is 0 Å². The maximum atomic E-state index is 12.3. The summed E-state index contributed by atoms with van der Waals surface area (Å²) in [4.78, 5) is 43.7. The first-order valence-electron chi connectivity index (χ1n) is 7.29. The number of hydrogen-bond donors (Lipinski definition) is 2. The van der Waals surface area contributed by atoms with Gasteiger partial charge in [-0.25, -0.2) is 4.79 Å². The summed E-state index contributed by atoms with van der Waals surface area (Å²) in [5.41, 5.74) is -0.992. The number of nitrogens with zero attached hydrogens (tertiary/aromatic N) is 2. The van der Waals surface area contributed by atoms with Crippen molar-refractivity contribution in [2.75, 3.05) is 0 Å². The number of rotatable bonds is 7. The predicted octanol–water partition coefficient (Wildman–Crippen LogP) is 1.93. The van der Waals surface area contributed by atoms with Gasteiger partial charge < -0.3 is 10.4 Å². The number of carbonyl (C=O) groups excluding carboxylic acids is 1. The minimum Gasteiger partial charge on any atom is -0.480 e. The van der Waals surface area contributed by atoms with E-state index in [-0.39, 0.29) is 12.0 Å². The highest BCUT2D eigenvalue weighted by Gasteiger charge is 2.24. The quantitative estimate of drug-likeness (QED) is 0.565. The van der Waals surface area contributed by atoms with Crippen LogP contribution in [0.3, 0.4) is 0 Å². The standard InChI is InChI=1S/C16H13N3O7/c20-15(11-7-12(18(23)24)9-13(8-11)19(25)26)17-14(16(21)22)6-10-4-2-1-3-5-10/h1-5,7-9,14H,6H2,(H,17,20)(H,21,22)/t14-/m1/s1. The number of hydrogen-bond acceptors (Lipinski definition) is 6. The first-order valence-corrected chi connectivity index (χ1v) is 7.29. The lowest BCUT2D eigenvalue weighted by atomic mass is 10.1. The van der Waals surface area contributed by atoms with Crippen molar-refractivity contribution in [2.24, 2.45) is 0 Å². The minimum absolute atomic E-state index is 0.0149. The van der Waals surface area contributed by atoms with Crippen LogP contribution < -0.4 is 5.32 Å². The number of non-ortho nitro benzene ring substituents is 2. The summed E-state index contributed by atoms with van der Waals surface area (Å²) in [6, 6.07) is 9.65. The Morgan fingerprint density at radius 2 is 1.54 bits per heavy atom. The van der Waals surface area contributed by atoms with Gasteiger partial charge >= 0.3 is 5.97 Å². The summed E-state index contributed by atoms with van der Waals surface area (Å²) < 4.78 is 0. The predicted molar refractivity (Wildman–Crippen MR) is 88.8 cm³/mol. The van der Waals surface area contributed by atoms with Crippen LogP contribution in [-0.4, -0.2) is 32.9 Å². The van der Waals surface area contributed by atoms with Crippen LogP contribution in [0.25, 0.3) is 0 Å². The Labute approximate surface area is 146 Å². The van der Waals surface area contributed by atoms with E-state index in [9.17, 15) is 34.9 Å². The molecule has 2 aromatic rings. The lowest BCUT2D eigenvalue weighted by molar-refractivity contribution is -0.394. The smallest absolute Gasteiger partial charge is 0.326 e. The van der Waals surface area contributed by atoms with Gasteiger partial charge in [-0.1, -0.05) is 30.3 Å². The molecule has 0 aliphatic rings. The van der Waals surface area contributed by atoms with E-state index in [0.717, 1.165) is 18.2 Å². The van der Waals surface area contributed by atoms with E-state index in [1.165, 1.54) is 0 Å².